The van der Waals surface area contributed by atoms with Crippen molar-refractivity contribution in [2.75, 3.05) is 13.2 Å². The number of hydrogen-bond acceptors (Lipinski definition) is 7. The number of ether oxygens (including phenoxy) is 2. The molecule has 0 aromatic carbocycles. The molecular weight excluding hydrogens is 380 g/mol. The molecule has 0 bridgehead atoms. The summed E-state index contributed by atoms with van der Waals surface area (Å²) in [5, 5.41) is 12.7. The lowest BCUT2D eigenvalue weighted by molar-refractivity contribution is 0.00305. The van der Waals surface area contributed by atoms with Gasteiger partial charge in [0, 0.05) is 24.4 Å². The molecule has 0 aliphatic rings. The maximum Gasteiger partial charge on any atom is 0.410 e. The highest BCUT2D eigenvalue weighted by Crippen LogP contribution is 2.28. The summed E-state index contributed by atoms with van der Waals surface area (Å²) >= 11 is 1.21. The fraction of sp³-hybridized carbons (Fsp3) is 0.750. The first-order valence-corrected chi connectivity index (χ1v) is 10.7. The first-order chi connectivity index (χ1) is 13.0. The Morgan fingerprint density at radius 3 is 2.43 bits per heavy atom. The first-order valence-electron chi connectivity index (χ1n) is 9.80. The Bertz CT molecular complexity index is 639. The van der Waals surface area contributed by atoms with Gasteiger partial charge < -0.3 is 19.5 Å². The van der Waals surface area contributed by atoms with Crippen molar-refractivity contribution in [1.82, 2.24) is 9.88 Å². The Hall–Kier alpha value is -1.67. The van der Waals surface area contributed by atoms with Crippen molar-refractivity contribution in [1.29, 1.82) is 0 Å². The smallest absolute Gasteiger partial charge is 0.410 e. The summed E-state index contributed by atoms with van der Waals surface area (Å²) in [5.41, 5.74) is -0.396. The van der Waals surface area contributed by atoms with E-state index in [1.54, 1.807) is 17.2 Å². The van der Waals surface area contributed by atoms with E-state index in [1.165, 1.54) is 11.3 Å². The van der Waals surface area contributed by atoms with E-state index < -0.39 is 17.7 Å². The second kappa shape index (κ2) is 10.8. The van der Waals surface area contributed by atoms with Crippen molar-refractivity contribution >= 4 is 23.4 Å². The van der Waals surface area contributed by atoms with Gasteiger partial charge in [0.15, 0.2) is 5.69 Å². The van der Waals surface area contributed by atoms with Gasteiger partial charge in [-0.05, 0) is 40.0 Å². The Morgan fingerprint density at radius 1 is 1.29 bits per heavy atom. The number of carbonyl (C=O) groups excluding carboxylic acids is 2. The highest BCUT2D eigenvalue weighted by atomic mass is 32.1. The van der Waals surface area contributed by atoms with Crippen LogP contribution in [-0.2, 0) is 9.47 Å². The summed E-state index contributed by atoms with van der Waals surface area (Å²) < 4.78 is 10.5. The molecule has 1 heterocycles. The summed E-state index contributed by atoms with van der Waals surface area (Å²) in [6.45, 7) is 14.1. The summed E-state index contributed by atoms with van der Waals surface area (Å²) in [6, 6.07) is -0.222. The molecule has 1 aromatic rings. The van der Waals surface area contributed by atoms with Crippen molar-refractivity contribution in [3.63, 3.8) is 0 Å². The zero-order chi connectivity index (χ0) is 21.5. The molecule has 7 nitrogen and oxygen atoms in total. The van der Waals surface area contributed by atoms with Gasteiger partial charge in [-0.15, -0.1) is 11.3 Å². The van der Waals surface area contributed by atoms with Gasteiger partial charge in [0.1, 0.15) is 16.7 Å². The van der Waals surface area contributed by atoms with Gasteiger partial charge >= 0.3 is 12.1 Å². The van der Waals surface area contributed by atoms with Crippen LogP contribution < -0.4 is 0 Å². The second-order valence-corrected chi connectivity index (χ2v) is 8.92. The maximum atomic E-state index is 12.7. The van der Waals surface area contributed by atoms with Crippen LogP contribution in [0.25, 0.3) is 0 Å². The lowest BCUT2D eigenvalue weighted by atomic mass is 9.96. The van der Waals surface area contributed by atoms with Gasteiger partial charge in [0.25, 0.3) is 0 Å². The summed E-state index contributed by atoms with van der Waals surface area (Å²) in [4.78, 5) is 30.4. The molecule has 2 atom stereocenters. The van der Waals surface area contributed by atoms with Crippen LogP contribution in [0.2, 0.25) is 0 Å². The number of aliphatic hydroxyl groups is 1. The number of esters is 1. The number of nitrogens with zero attached hydrogens (tertiary/aromatic N) is 2. The van der Waals surface area contributed by atoms with Crippen molar-refractivity contribution in [2.45, 2.75) is 79.1 Å². The lowest BCUT2D eigenvalue weighted by Gasteiger charge is -2.36. The average Bonchev–Trinajstić information content (AvgIpc) is 3.06. The molecule has 0 radical (unpaired) electrons. The molecule has 0 saturated heterocycles. The average molecular weight is 415 g/mol. The number of rotatable bonds is 9. The standard InChI is InChI=1S/C20H34N2O5S/c1-8-10-22(19(25)27-20(5,6)7)15(13(3)4)11-16(23)17-21-14(12-28-17)18(24)26-9-2/h12-13,15-16,23H,8-11H2,1-7H3. The van der Waals surface area contributed by atoms with Gasteiger partial charge in [0.2, 0.25) is 0 Å². The highest BCUT2D eigenvalue weighted by molar-refractivity contribution is 7.09. The van der Waals surface area contributed by atoms with Crippen molar-refractivity contribution in [2.24, 2.45) is 5.92 Å². The number of thiazole rings is 1. The van der Waals surface area contributed by atoms with Crippen LogP contribution in [0.1, 0.15) is 82.9 Å². The molecule has 2 unspecified atom stereocenters. The van der Waals surface area contributed by atoms with Gasteiger partial charge in [-0.3, -0.25) is 0 Å². The van der Waals surface area contributed by atoms with Gasteiger partial charge in [0.05, 0.1) is 6.61 Å². The molecule has 1 N–H and O–H groups in total. The van der Waals surface area contributed by atoms with E-state index in [0.29, 0.717) is 18.0 Å². The zero-order valence-corrected chi connectivity index (χ0v) is 18.8. The highest BCUT2D eigenvalue weighted by Gasteiger charge is 2.32. The number of aromatic nitrogens is 1. The molecule has 1 rings (SSSR count). The number of hydrogen-bond donors (Lipinski definition) is 1. The van der Waals surface area contributed by atoms with Gasteiger partial charge in [-0.2, -0.15) is 0 Å². The Labute approximate surface area is 172 Å². The van der Waals surface area contributed by atoms with Crippen LogP contribution in [0.15, 0.2) is 5.38 Å². The molecule has 8 heteroatoms. The number of amides is 1. The summed E-state index contributed by atoms with van der Waals surface area (Å²) in [5.74, 6) is -0.391. The second-order valence-electron chi connectivity index (χ2n) is 8.03. The Kier molecular flexibility index (Phi) is 9.36. The molecule has 0 fully saturated rings. The SMILES string of the molecule is CCCN(C(=O)OC(C)(C)C)C(CC(O)c1nc(C(=O)OCC)cs1)C(C)C. The molecule has 0 aliphatic carbocycles. The minimum Gasteiger partial charge on any atom is -0.461 e. The fourth-order valence-electron chi connectivity index (χ4n) is 2.78. The summed E-state index contributed by atoms with van der Waals surface area (Å²) in [6.07, 6.45) is -0.177. The van der Waals surface area contributed by atoms with Crippen LogP contribution in [0.4, 0.5) is 4.79 Å². The normalized spacial score (nSPS) is 13.9. The zero-order valence-electron chi connectivity index (χ0n) is 18.0. The quantitative estimate of drug-likeness (QED) is 0.602. The van der Waals surface area contributed by atoms with Gasteiger partial charge in [-0.1, -0.05) is 20.8 Å². The topological polar surface area (TPSA) is 89.0 Å². The van der Waals surface area contributed by atoms with E-state index in [9.17, 15) is 14.7 Å². The van der Waals surface area contributed by atoms with Crippen molar-refractivity contribution in [3.8, 4) is 0 Å². The van der Waals surface area contributed by atoms with Crippen LogP contribution in [0.5, 0.6) is 0 Å². The van der Waals surface area contributed by atoms with Crippen molar-refractivity contribution in [3.05, 3.63) is 16.1 Å². The van der Waals surface area contributed by atoms with E-state index in [1.807, 2.05) is 41.5 Å². The van der Waals surface area contributed by atoms with E-state index in [0.717, 1.165) is 6.42 Å². The van der Waals surface area contributed by atoms with Gasteiger partial charge in [-0.25, -0.2) is 14.6 Å². The van der Waals surface area contributed by atoms with E-state index >= 15 is 0 Å². The van der Waals surface area contributed by atoms with Crippen LogP contribution in [0, 0.1) is 5.92 Å². The van der Waals surface area contributed by atoms with E-state index in [2.05, 4.69) is 4.98 Å². The van der Waals surface area contributed by atoms with Crippen LogP contribution >= 0.6 is 11.3 Å². The third kappa shape index (κ3) is 7.39. The summed E-state index contributed by atoms with van der Waals surface area (Å²) in [7, 11) is 0. The van der Waals surface area contributed by atoms with Crippen LogP contribution in [0.3, 0.4) is 0 Å². The van der Waals surface area contributed by atoms with Crippen LogP contribution in [-0.4, -0.2) is 51.8 Å². The minimum atomic E-state index is -0.887. The molecule has 28 heavy (non-hydrogen) atoms. The molecule has 0 saturated carbocycles. The third-order valence-corrected chi connectivity index (χ3v) is 4.96. The van der Waals surface area contributed by atoms with E-state index in [4.69, 9.17) is 9.47 Å². The van der Waals surface area contributed by atoms with Crippen molar-refractivity contribution < 1.29 is 24.2 Å². The first kappa shape index (κ1) is 24.4. The minimum absolute atomic E-state index is 0.109. The predicted molar refractivity (Wildman–Crippen MR) is 110 cm³/mol. The molecule has 160 valence electrons. The molecule has 0 aliphatic heterocycles. The lowest BCUT2D eigenvalue weighted by Crippen LogP contribution is -2.46. The Morgan fingerprint density at radius 2 is 1.93 bits per heavy atom. The monoisotopic (exact) mass is 414 g/mol. The molecule has 1 aromatic heterocycles. The number of carbonyl (C=O) groups is 2. The molecular formula is C20H34N2O5S. The predicted octanol–water partition coefficient (Wildman–Crippen LogP) is 4.42. The molecule has 0 spiro atoms. The van der Waals surface area contributed by atoms with E-state index in [-0.39, 0.29) is 30.4 Å². The third-order valence-electron chi connectivity index (χ3n) is 4.02. The fourth-order valence-corrected chi connectivity index (χ4v) is 3.57. The maximum absolute atomic E-state index is 12.7. The Balaban J connectivity index is 2.97. The largest absolute Gasteiger partial charge is 0.461 e. The molecule has 1 amide bonds. The number of aliphatic hydroxyl groups excluding tert-OH is 1.